The Balaban J connectivity index is 0.00000324. The second-order valence-electron chi connectivity index (χ2n) is 7.48. The Bertz CT molecular complexity index is 1350. The molecule has 13 heteroatoms. The van der Waals surface area contributed by atoms with E-state index in [-0.39, 0.29) is 75.8 Å². The molecule has 1 heterocycles. The van der Waals surface area contributed by atoms with Crippen LogP contribution < -0.4 is 85.5 Å². The third kappa shape index (κ3) is 7.37. The zero-order chi connectivity index (χ0) is 25.2. The molecule has 1 atom stereocenters. The summed E-state index contributed by atoms with van der Waals surface area (Å²) >= 11 is 0. The number of halogens is 3. The van der Waals surface area contributed by atoms with Crippen LogP contribution in [-0.4, -0.2) is 16.6 Å². The summed E-state index contributed by atoms with van der Waals surface area (Å²) in [6.45, 7) is 1.52. The maximum Gasteiger partial charge on any atom is 1.00 e. The van der Waals surface area contributed by atoms with Crippen LogP contribution in [-0.2, 0) is 11.8 Å². The van der Waals surface area contributed by atoms with Crippen molar-refractivity contribution in [3.05, 3.63) is 81.5 Å². The van der Waals surface area contributed by atoms with E-state index in [4.69, 9.17) is 0 Å². The van der Waals surface area contributed by atoms with E-state index in [0.717, 1.165) is 34.9 Å². The number of rotatable bonds is 6. The SMILES string of the molecule is Cc1cc([O-])c(NC(=O)N[C@@H](CC(=O)[O-])c2cc(-c3ccc(F)cc3F)ccc2F)c(=O)n1C.[Na+].[Na+]. The number of amides is 2. The van der Waals surface area contributed by atoms with Crippen molar-refractivity contribution < 1.29 is 92.1 Å². The third-order valence-electron chi connectivity index (χ3n) is 5.16. The van der Waals surface area contributed by atoms with Crippen LogP contribution in [0.2, 0.25) is 0 Å². The van der Waals surface area contributed by atoms with E-state index in [9.17, 15) is 37.8 Å². The van der Waals surface area contributed by atoms with E-state index in [0.29, 0.717) is 11.8 Å². The van der Waals surface area contributed by atoms with Crippen molar-refractivity contribution in [3.63, 3.8) is 0 Å². The van der Waals surface area contributed by atoms with Crippen LogP contribution in [0.25, 0.3) is 11.1 Å². The molecule has 0 saturated carbocycles. The van der Waals surface area contributed by atoms with E-state index < -0.39 is 58.9 Å². The Kier molecular flexibility index (Phi) is 11.7. The summed E-state index contributed by atoms with van der Waals surface area (Å²) in [5, 5.41) is 27.6. The van der Waals surface area contributed by atoms with E-state index in [1.807, 2.05) is 0 Å². The van der Waals surface area contributed by atoms with Gasteiger partial charge in [-0.3, -0.25) is 4.79 Å². The van der Waals surface area contributed by atoms with E-state index in [2.05, 4.69) is 10.6 Å². The van der Waals surface area contributed by atoms with Crippen molar-refractivity contribution in [3.8, 4) is 16.9 Å². The quantitative estimate of drug-likeness (QED) is 0.320. The van der Waals surface area contributed by atoms with Gasteiger partial charge in [-0.25, -0.2) is 18.0 Å². The zero-order valence-corrected chi connectivity index (χ0v) is 23.9. The van der Waals surface area contributed by atoms with Gasteiger partial charge in [0.25, 0.3) is 5.56 Å². The molecule has 3 rings (SSSR count). The molecule has 0 aliphatic rings. The first-order valence-electron chi connectivity index (χ1n) is 9.87. The van der Waals surface area contributed by atoms with Gasteiger partial charge >= 0.3 is 65.1 Å². The number of carboxylic acids is 1. The third-order valence-corrected chi connectivity index (χ3v) is 5.16. The molecular formula is C23H18F3N3Na2O5. The zero-order valence-electron chi connectivity index (χ0n) is 19.9. The number of benzene rings is 2. The largest absolute Gasteiger partial charge is 1.00 e. The second-order valence-corrected chi connectivity index (χ2v) is 7.48. The molecule has 1 aromatic heterocycles. The predicted molar refractivity (Wildman–Crippen MR) is 112 cm³/mol. The molecule has 0 radical (unpaired) electrons. The van der Waals surface area contributed by atoms with Gasteiger partial charge in [-0.15, -0.1) is 0 Å². The fraction of sp³-hybridized carbons (Fsp3) is 0.174. The van der Waals surface area contributed by atoms with Crippen molar-refractivity contribution >= 4 is 17.7 Å². The van der Waals surface area contributed by atoms with Gasteiger partial charge in [0.2, 0.25) is 0 Å². The Morgan fingerprint density at radius 3 is 2.31 bits per heavy atom. The molecule has 0 aliphatic heterocycles. The normalized spacial score (nSPS) is 11.0. The standard InChI is InChI=1S/C23H20F3N3O5.2Na/c1-11-7-19(30)21(22(33)29(11)2)28-23(34)27-18(10-20(31)32)15-8-12(3-6-16(15)25)14-5-4-13(24)9-17(14)26;;/h3-9,18,30H,10H2,1-2H3,(H,31,32)(H2,27,28,34);;/q;2*+1/p-2/t18-;;/m0../s1. The molecule has 0 bridgehead atoms. The number of nitrogens with one attached hydrogen (secondary N) is 2. The van der Waals surface area contributed by atoms with Crippen molar-refractivity contribution in [2.75, 3.05) is 5.32 Å². The molecule has 0 aliphatic carbocycles. The van der Waals surface area contributed by atoms with E-state index in [1.165, 1.54) is 20.0 Å². The van der Waals surface area contributed by atoms with Crippen LogP contribution >= 0.6 is 0 Å². The number of pyridine rings is 1. The van der Waals surface area contributed by atoms with Crippen LogP contribution in [0.3, 0.4) is 0 Å². The van der Waals surface area contributed by atoms with Crippen LogP contribution in [0.5, 0.6) is 5.75 Å². The van der Waals surface area contributed by atoms with Gasteiger partial charge in [-0.05, 0) is 42.8 Å². The molecule has 0 unspecified atom stereocenters. The van der Waals surface area contributed by atoms with Gasteiger partial charge < -0.3 is 30.2 Å². The number of aromatic nitrogens is 1. The molecule has 0 spiro atoms. The van der Waals surface area contributed by atoms with Crippen LogP contribution in [0.4, 0.5) is 23.7 Å². The molecule has 36 heavy (non-hydrogen) atoms. The second kappa shape index (κ2) is 13.3. The number of aliphatic carboxylic acids is 1. The number of hydrogen-bond donors (Lipinski definition) is 2. The molecule has 3 aromatic rings. The molecule has 2 amide bonds. The predicted octanol–water partition coefficient (Wildman–Crippen LogP) is -4.14. The first kappa shape index (κ1) is 31.7. The van der Waals surface area contributed by atoms with Gasteiger partial charge in [0.05, 0.1) is 6.04 Å². The molecule has 0 saturated heterocycles. The minimum absolute atomic E-state index is 0. The van der Waals surface area contributed by atoms with Gasteiger partial charge in [-0.2, -0.15) is 0 Å². The van der Waals surface area contributed by atoms with Crippen molar-refractivity contribution in [2.24, 2.45) is 7.05 Å². The fourth-order valence-corrected chi connectivity index (χ4v) is 3.32. The fourth-order valence-electron chi connectivity index (χ4n) is 3.32. The maximum atomic E-state index is 14.6. The van der Waals surface area contributed by atoms with Crippen molar-refractivity contribution in [1.29, 1.82) is 0 Å². The molecule has 8 nitrogen and oxygen atoms in total. The summed E-state index contributed by atoms with van der Waals surface area (Å²) < 4.78 is 43.2. The summed E-state index contributed by atoms with van der Waals surface area (Å²) in [4.78, 5) is 36.0. The summed E-state index contributed by atoms with van der Waals surface area (Å²) in [6, 6.07) is 4.43. The Hall–Kier alpha value is -2.28. The summed E-state index contributed by atoms with van der Waals surface area (Å²) in [5.74, 6) is -5.09. The van der Waals surface area contributed by atoms with E-state index >= 15 is 0 Å². The summed E-state index contributed by atoms with van der Waals surface area (Å²) in [5.41, 5.74) is -1.36. The monoisotopic (exact) mass is 519 g/mol. The van der Waals surface area contributed by atoms with Gasteiger partial charge in [0.15, 0.2) is 0 Å². The molecule has 178 valence electrons. The van der Waals surface area contributed by atoms with Crippen LogP contribution in [0.15, 0.2) is 47.3 Å². The number of hydrogen-bond acceptors (Lipinski definition) is 5. The first-order valence-corrected chi connectivity index (χ1v) is 9.87. The number of carboxylic acid groups (broad SMARTS) is 1. The Morgan fingerprint density at radius 2 is 1.69 bits per heavy atom. The molecule has 0 fully saturated rings. The van der Waals surface area contributed by atoms with E-state index in [1.54, 1.807) is 0 Å². The minimum atomic E-state index is -1.64. The summed E-state index contributed by atoms with van der Waals surface area (Å²) in [6.07, 6.45) is -0.879. The van der Waals surface area contributed by atoms with Crippen molar-refractivity contribution in [2.45, 2.75) is 19.4 Å². The smallest absolute Gasteiger partial charge is 0.871 e. The molecule has 2 aromatic carbocycles. The Labute approximate surface area is 248 Å². The van der Waals surface area contributed by atoms with Crippen LogP contribution in [0.1, 0.15) is 23.7 Å². The topological polar surface area (TPSA) is 126 Å². The van der Waals surface area contributed by atoms with Crippen LogP contribution in [0, 0.1) is 24.4 Å². The number of carbonyl (C=O) groups excluding carboxylic acids is 2. The first-order chi connectivity index (χ1) is 16.0. The Morgan fingerprint density at radius 1 is 1.03 bits per heavy atom. The average molecular weight is 519 g/mol. The van der Waals surface area contributed by atoms with Gasteiger partial charge in [0.1, 0.15) is 23.1 Å². The van der Waals surface area contributed by atoms with Gasteiger partial charge in [-0.1, -0.05) is 11.8 Å². The molecule has 2 N–H and O–H groups in total. The molecular weight excluding hydrogens is 501 g/mol. The van der Waals surface area contributed by atoms with Crippen molar-refractivity contribution in [1.82, 2.24) is 9.88 Å². The van der Waals surface area contributed by atoms with Gasteiger partial charge in [0, 0.05) is 42.3 Å². The number of aryl methyl sites for hydroxylation is 1. The number of anilines is 1. The minimum Gasteiger partial charge on any atom is -0.871 e. The number of urea groups is 1. The maximum absolute atomic E-state index is 14.6. The number of carbonyl (C=O) groups is 2. The number of nitrogens with zero attached hydrogens (tertiary/aromatic N) is 1. The average Bonchev–Trinajstić information content (AvgIpc) is 2.75. The summed E-state index contributed by atoms with van der Waals surface area (Å²) in [7, 11) is 1.38.